The van der Waals surface area contributed by atoms with E-state index in [0.717, 1.165) is 11.1 Å². The summed E-state index contributed by atoms with van der Waals surface area (Å²) < 4.78 is 16.8. The number of hydrogen-bond acceptors (Lipinski definition) is 5. The number of hydrogen-bond donors (Lipinski definition) is 0. The first-order valence-electron chi connectivity index (χ1n) is 8.30. The van der Waals surface area contributed by atoms with Crippen molar-refractivity contribution in [2.24, 2.45) is 0 Å². The summed E-state index contributed by atoms with van der Waals surface area (Å²) in [5, 5.41) is 11.9. The lowest BCUT2D eigenvalue weighted by Crippen LogP contribution is -2.14. The Balaban J connectivity index is 1.94. The second-order valence-electron chi connectivity index (χ2n) is 6.54. The van der Waals surface area contributed by atoms with Gasteiger partial charge in [-0.1, -0.05) is 25.4 Å². The van der Waals surface area contributed by atoms with E-state index in [2.05, 4.69) is 13.8 Å². The molecular weight excluding hydrogens is 358 g/mol. The lowest BCUT2D eigenvalue weighted by molar-refractivity contribution is -0.385. The first-order valence-corrected chi connectivity index (χ1v) is 8.68. The van der Waals surface area contributed by atoms with Gasteiger partial charge in [0.25, 0.3) is 5.69 Å². The molecule has 1 heterocycles. The van der Waals surface area contributed by atoms with Crippen LogP contribution in [0, 0.1) is 17.0 Å². The maximum Gasteiger partial charge on any atom is 0.270 e. The van der Waals surface area contributed by atoms with Gasteiger partial charge < -0.3 is 14.2 Å². The van der Waals surface area contributed by atoms with Crippen LogP contribution < -0.4 is 9.47 Å². The predicted octanol–water partition coefficient (Wildman–Crippen LogP) is 5.13. The lowest BCUT2D eigenvalue weighted by Gasteiger charge is -2.21. The molecule has 138 valence electrons. The Hall–Kier alpha value is -2.31. The highest BCUT2D eigenvalue weighted by atomic mass is 35.5. The highest BCUT2D eigenvalue weighted by Crippen LogP contribution is 2.36. The summed E-state index contributed by atoms with van der Waals surface area (Å²) in [4.78, 5) is 10.8. The molecule has 2 aromatic carbocycles. The van der Waals surface area contributed by atoms with E-state index in [9.17, 15) is 10.1 Å². The molecule has 26 heavy (non-hydrogen) atoms. The third-order valence-electron chi connectivity index (χ3n) is 4.28. The molecule has 3 rings (SSSR count). The van der Waals surface area contributed by atoms with Crippen LogP contribution in [-0.4, -0.2) is 11.7 Å². The van der Waals surface area contributed by atoms with E-state index in [-0.39, 0.29) is 31.6 Å². The highest BCUT2D eigenvalue weighted by molar-refractivity contribution is 6.31. The number of non-ortho nitro benzene ring substituents is 1. The van der Waals surface area contributed by atoms with Crippen LogP contribution in [0.3, 0.4) is 0 Å². The Morgan fingerprint density at radius 3 is 2.77 bits per heavy atom. The number of nitro groups is 1. The SMILES string of the molecule is Cc1cc(OCc2cc([N+](=O)[O-])cc3c2OCOC3)c(C(C)C)cc1Cl. The molecule has 0 aromatic heterocycles. The molecule has 7 heteroatoms. The molecule has 0 saturated heterocycles. The monoisotopic (exact) mass is 377 g/mol. The van der Waals surface area contributed by atoms with E-state index in [1.54, 1.807) is 0 Å². The van der Waals surface area contributed by atoms with Gasteiger partial charge in [-0.25, -0.2) is 0 Å². The van der Waals surface area contributed by atoms with Crippen molar-refractivity contribution in [1.82, 2.24) is 0 Å². The maximum absolute atomic E-state index is 11.2. The molecule has 1 aliphatic heterocycles. The smallest absolute Gasteiger partial charge is 0.270 e. The van der Waals surface area contributed by atoms with E-state index < -0.39 is 4.92 Å². The molecule has 0 atom stereocenters. The van der Waals surface area contributed by atoms with Gasteiger partial charge in [0, 0.05) is 28.3 Å². The summed E-state index contributed by atoms with van der Waals surface area (Å²) in [6.45, 7) is 6.59. The van der Waals surface area contributed by atoms with Crippen LogP contribution in [0.2, 0.25) is 5.02 Å². The summed E-state index contributed by atoms with van der Waals surface area (Å²) in [5.74, 6) is 1.54. The molecule has 1 aliphatic rings. The molecular formula is C19H20ClNO5. The minimum Gasteiger partial charge on any atom is -0.488 e. The number of nitrogens with zero attached hydrogens (tertiary/aromatic N) is 1. The predicted molar refractivity (Wildman–Crippen MR) is 98.0 cm³/mol. The molecule has 0 bridgehead atoms. The second kappa shape index (κ2) is 7.51. The van der Waals surface area contributed by atoms with Gasteiger partial charge in [0.05, 0.1) is 11.5 Å². The van der Waals surface area contributed by atoms with Crippen LogP contribution in [0.1, 0.15) is 42.0 Å². The molecule has 0 spiro atoms. The van der Waals surface area contributed by atoms with Crippen LogP contribution >= 0.6 is 11.6 Å². The van der Waals surface area contributed by atoms with E-state index in [1.807, 2.05) is 19.1 Å². The van der Waals surface area contributed by atoms with Crippen molar-refractivity contribution in [3.05, 3.63) is 61.7 Å². The number of benzene rings is 2. The zero-order valence-corrected chi connectivity index (χ0v) is 15.6. The van der Waals surface area contributed by atoms with Gasteiger partial charge in [0.1, 0.15) is 18.1 Å². The molecule has 0 N–H and O–H groups in total. The number of nitro benzene ring substituents is 1. The Bertz CT molecular complexity index is 850. The standard InChI is InChI=1S/C19H20ClNO5/c1-11(2)16-7-17(20)12(3)4-18(16)25-9-14-6-15(21(22)23)5-13-8-24-10-26-19(13)14/h4-7,11H,8-10H2,1-3H3. The lowest BCUT2D eigenvalue weighted by atomic mass is 10.0. The maximum atomic E-state index is 11.2. The zero-order valence-electron chi connectivity index (χ0n) is 14.9. The minimum atomic E-state index is -0.426. The number of fused-ring (bicyclic) bond motifs is 1. The minimum absolute atomic E-state index is 0.00665. The summed E-state index contributed by atoms with van der Waals surface area (Å²) >= 11 is 6.23. The van der Waals surface area contributed by atoms with Gasteiger partial charge >= 0.3 is 0 Å². The van der Waals surface area contributed by atoms with Crippen LogP contribution in [0.5, 0.6) is 11.5 Å². The third kappa shape index (κ3) is 3.76. The average molecular weight is 378 g/mol. The molecule has 0 aliphatic carbocycles. The third-order valence-corrected chi connectivity index (χ3v) is 4.69. The fraction of sp³-hybridized carbons (Fsp3) is 0.368. The zero-order chi connectivity index (χ0) is 18.8. The normalized spacial score (nSPS) is 13.3. The van der Waals surface area contributed by atoms with E-state index in [4.69, 9.17) is 25.8 Å². The first kappa shape index (κ1) is 18.5. The van der Waals surface area contributed by atoms with Crippen LogP contribution in [0.4, 0.5) is 5.69 Å². The second-order valence-corrected chi connectivity index (χ2v) is 6.95. The number of rotatable bonds is 5. The number of aryl methyl sites for hydroxylation is 1. The molecule has 0 radical (unpaired) electrons. The molecule has 6 nitrogen and oxygen atoms in total. The van der Waals surface area contributed by atoms with Crippen LogP contribution in [0.15, 0.2) is 24.3 Å². The summed E-state index contributed by atoms with van der Waals surface area (Å²) in [6.07, 6.45) is 0. The molecule has 0 amide bonds. The summed E-state index contributed by atoms with van der Waals surface area (Å²) in [6, 6.07) is 6.77. The van der Waals surface area contributed by atoms with Crippen molar-refractivity contribution < 1.29 is 19.1 Å². The van der Waals surface area contributed by atoms with Gasteiger partial charge in [-0.15, -0.1) is 0 Å². The molecule has 0 saturated carbocycles. The van der Waals surface area contributed by atoms with E-state index >= 15 is 0 Å². The van der Waals surface area contributed by atoms with Gasteiger partial charge in [0.15, 0.2) is 6.79 Å². The van der Waals surface area contributed by atoms with Gasteiger partial charge in [-0.3, -0.25) is 10.1 Å². The van der Waals surface area contributed by atoms with Crippen molar-refractivity contribution in [3.63, 3.8) is 0 Å². The largest absolute Gasteiger partial charge is 0.488 e. The van der Waals surface area contributed by atoms with Crippen molar-refractivity contribution in [2.45, 2.75) is 39.9 Å². The fourth-order valence-corrected chi connectivity index (χ4v) is 3.07. The highest BCUT2D eigenvalue weighted by Gasteiger charge is 2.22. The van der Waals surface area contributed by atoms with Gasteiger partial charge in [0.2, 0.25) is 0 Å². The van der Waals surface area contributed by atoms with Crippen molar-refractivity contribution in [1.29, 1.82) is 0 Å². The van der Waals surface area contributed by atoms with Gasteiger partial charge in [-0.05, 0) is 36.1 Å². The molecule has 0 fully saturated rings. The topological polar surface area (TPSA) is 70.8 Å². The Labute approximate surface area is 156 Å². The van der Waals surface area contributed by atoms with Crippen molar-refractivity contribution >= 4 is 17.3 Å². The number of halogens is 1. The Kier molecular flexibility index (Phi) is 5.34. The molecule has 0 unspecified atom stereocenters. The average Bonchev–Trinajstić information content (AvgIpc) is 2.61. The Morgan fingerprint density at radius 2 is 2.08 bits per heavy atom. The van der Waals surface area contributed by atoms with Crippen molar-refractivity contribution in [3.8, 4) is 11.5 Å². The first-order chi connectivity index (χ1) is 12.4. The van der Waals surface area contributed by atoms with Crippen LogP contribution in [0.25, 0.3) is 0 Å². The fourth-order valence-electron chi connectivity index (χ4n) is 2.90. The van der Waals surface area contributed by atoms with Crippen molar-refractivity contribution in [2.75, 3.05) is 6.79 Å². The van der Waals surface area contributed by atoms with E-state index in [1.165, 1.54) is 12.1 Å². The quantitative estimate of drug-likeness (QED) is 0.533. The molecule has 2 aromatic rings. The summed E-state index contributed by atoms with van der Waals surface area (Å²) in [7, 11) is 0. The van der Waals surface area contributed by atoms with E-state index in [0.29, 0.717) is 27.6 Å². The Morgan fingerprint density at radius 1 is 1.31 bits per heavy atom. The number of ether oxygens (including phenoxy) is 3. The van der Waals surface area contributed by atoms with Gasteiger partial charge in [-0.2, -0.15) is 0 Å². The summed E-state index contributed by atoms with van der Waals surface area (Å²) in [5.41, 5.74) is 3.17. The van der Waals surface area contributed by atoms with Crippen LogP contribution in [-0.2, 0) is 18.0 Å².